The number of rotatable bonds is 0. The fourth-order valence-corrected chi connectivity index (χ4v) is 2.49. The van der Waals surface area contributed by atoms with Gasteiger partial charge in [-0.3, -0.25) is 9.81 Å². The molecule has 0 radical (unpaired) electrons. The molecule has 0 spiro atoms. The Morgan fingerprint density at radius 3 is 2.56 bits per heavy atom. The minimum Gasteiger partial charge on any atom is -0.328 e. The van der Waals surface area contributed by atoms with E-state index in [1.54, 1.807) is 6.07 Å². The predicted molar refractivity (Wildman–Crippen MR) is 69.2 cm³/mol. The molecule has 1 aromatic carbocycles. The van der Waals surface area contributed by atoms with Crippen LogP contribution in [-0.4, -0.2) is 8.97 Å². The average Bonchev–Trinajstić information content (AvgIpc) is 2.65. The molecule has 4 nitrogen and oxygen atoms in total. The fourth-order valence-electron chi connectivity index (χ4n) is 2.49. The number of pyridine rings is 1. The maximum Gasteiger partial charge on any atom is 0.137 e. The number of fused-ring (bicyclic) bond motifs is 3. The summed E-state index contributed by atoms with van der Waals surface area (Å²) in [4.78, 5) is 0. The molecule has 88 valence electrons. The normalized spacial score (nSPS) is 10.9. The maximum atomic E-state index is 9.32. The van der Waals surface area contributed by atoms with Gasteiger partial charge in [0, 0.05) is 7.05 Å². The van der Waals surface area contributed by atoms with E-state index in [0.29, 0.717) is 11.1 Å². The fraction of sp³-hybridized carbons (Fsp3) is 0.143. The second-order valence-electron chi connectivity index (χ2n) is 4.41. The van der Waals surface area contributed by atoms with E-state index in [2.05, 4.69) is 6.07 Å². The summed E-state index contributed by atoms with van der Waals surface area (Å²) in [7, 11) is 1.93. The van der Waals surface area contributed by atoms with Gasteiger partial charge in [-0.05, 0) is 30.7 Å². The summed E-state index contributed by atoms with van der Waals surface area (Å²) in [6.07, 6.45) is 0. The van der Waals surface area contributed by atoms with Crippen molar-refractivity contribution >= 4 is 16.7 Å². The van der Waals surface area contributed by atoms with E-state index in [0.717, 1.165) is 22.2 Å². The summed E-state index contributed by atoms with van der Waals surface area (Å²) in [6, 6.07) is 11.9. The molecule has 0 aliphatic heterocycles. The summed E-state index contributed by atoms with van der Waals surface area (Å²) in [6.45, 7) is 1.87. The van der Waals surface area contributed by atoms with E-state index in [9.17, 15) is 5.26 Å². The lowest BCUT2D eigenvalue weighted by molar-refractivity contribution is 0.947. The first-order valence-electron chi connectivity index (χ1n) is 5.69. The van der Waals surface area contributed by atoms with Gasteiger partial charge in [0.1, 0.15) is 17.2 Å². The number of benzene rings is 1. The Hall–Kier alpha value is -2.54. The highest BCUT2D eigenvalue weighted by molar-refractivity contribution is 5.83. The quantitative estimate of drug-likeness (QED) is 0.638. The minimum absolute atomic E-state index is 0.401. The van der Waals surface area contributed by atoms with Crippen LogP contribution in [0.15, 0.2) is 30.3 Å². The third-order valence-electron chi connectivity index (χ3n) is 3.34. The number of aromatic nitrogens is 2. The second kappa shape index (κ2) is 3.47. The van der Waals surface area contributed by atoms with Crippen LogP contribution in [0.2, 0.25) is 0 Å². The van der Waals surface area contributed by atoms with Gasteiger partial charge in [0.05, 0.1) is 16.6 Å². The number of nitriles is 1. The molecule has 0 saturated carbocycles. The Kier molecular flexibility index (Phi) is 2.05. The van der Waals surface area contributed by atoms with Crippen LogP contribution in [0.5, 0.6) is 0 Å². The van der Waals surface area contributed by atoms with Gasteiger partial charge in [0.15, 0.2) is 0 Å². The van der Waals surface area contributed by atoms with Gasteiger partial charge in [-0.15, -0.1) is 0 Å². The highest BCUT2D eigenvalue weighted by Gasteiger charge is 2.13. The number of para-hydroxylation sites is 2. The largest absolute Gasteiger partial charge is 0.328 e. The zero-order chi connectivity index (χ0) is 12.9. The highest BCUT2D eigenvalue weighted by Crippen LogP contribution is 2.21. The van der Waals surface area contributed by atoms with Gasteiger partial charge in [-0.2, -0.15) is 5.26 Å². The van der Waals surface area contributed by atoms with Crippen molar-refractivity contribution in [3.8, 4) is 6.07 Å². The molecular formula is C14H12N4. The first-order valence-corrected chi connectivity index (χ1v) is 5.69. The van der Waals surface area contributed by atoms with Crippen molar-refractivity contribution in [1.82, 2.24) is 8.97 Å². The molecule has 18 heavy (non-hydrogen) atoms. The molecule has 0 aliphatic rings. The van der Waals surface area contributed by atoms with E-state index < -0.39 is 0 Å². The van der Waals surface area contributed by atoms with Crippen LogP contribution in [-0.2, 0) is 7.05 Å². The standard InChI is InChI=1S/C14H12N4/c1-9-7-13(16)18-12-6-4-3-5-11(12)17(2)14(18)10(9)8-15/h3-7,16H,1-2H3. The van der Waals surface area contributed by atoms with E-state index in [1.807, 2.05) is 47.2 Å². The smallest absolute Gasteiger partial charge is 0.137 e. The number of hydrogen-bond donors (Lipinski definition) is 1. The number of nitrogens with zero attached hydrogens (tertiary/aromatic N) is 3. The Balaban J connectivity index is 2.77. The van der Waals surface area contributed by atoms with Crippen LogP contribution < -0.4 is 5.49 Å². The minimum atomic E-state index is 0.401. The van der Waals surface area contributed by atoms with Crippen LogP contribution in [0.25, 0.3) is 16.7 Å². The molecule has 0 bridgehead atoms. The van der Waals surface area contributed by atoms with Crippen LogP contribution >= 0.6 is 0 Å². The molecule has 0 aliphatic carbocycles. The summed E-state index contributed by atoms with van der Waals surface area (Å²) in [5.74, 6) is 0. The van der Waals surface area contributed by atoms with Crippen molar-refractivity contribution in [2.75, 3.05) is 0 Å². The topological polar surface area (TPSA) is 57.0 Å². The number of nitrogens with one attached hydrogen (secondary N) is 1. The lowest BCUT2D eigenvalue weighted by atomic mass is 10.1. The lowest BCUT2D eigenvalue weighted by Gasteiger charge is -2.03. The van der Waals surface area contributed by atoms with Gasteiger partial charge < -0.3 is 4.57 Å². The van der Waals surface area contributed by atoms with E-state index >= 15 is 0 Å². The molecule has 2 heterocycles. The predicted octanol–water partition coefficient (Wildman–Crippen LogP) is 2.09. The summed E-state index contributed by atoms with van der Waals surface area (Å²) >= 11 is 0. The molecule has 0 atom stereocenters. The van der Waals surface area contributed by atoms with Gasteiger partial charge in [-0.25, -0.2) is 0 Å². The highest BCUT2D eigenvalue weighted by atomic mass is 15.1. The molecule has 1 N–H and O–H groups in total. The first-order chi connectivity index (χ1) is 8.65. The molecule has 3 aromatic rings. The van der Waals surface area contributed by atoms with Crippen LogP contribution in [0, 0.1) is 23.7 Å². The van der Waals surface area contributed by atoms with E-state index in [4.69, 9.17) is 5.41 Å². The summed E-state index contributed by atoms with van der Waals surface area (Å²) < 4.78 is 3.79. The van der Waals surface area contributed by atoms with Crippen molar-refractivity contribution in [1.29, 1.82) is 10.7 Å². The van der Waals surface area contributed by atoms with Crippen molar-refractivity contribution in [3.05, 3.63) is 46.9 Å². The number of aryl methyl sites for hydroxylation is 2. The molecule has 0 unspecified atom stereocenters. The summed E-state index contributed by atoms with van der Waals surface area (Å²) in [5.41, 5.74) is 4.63. The van der Waals surface area contributed by atoms with E-state index in [-0.39, 0.29) is 0 Å². The molecule has 0 amide bonds. The summed E-state index contributed by atoms with van der Waals surface area (Å²) in [5, 5.41) is 17.4. The second-order valence-corrected chi connectivity index (χ2v) is 4.41. The molecular weight excluding hydrogens is 224 g/mol. The average molecular weight is 236 g/mol. The van der Waals surface area contributed by atoms with Crippen LogP contribution in [0.3, 0.4) is 0 Å². The SMILES string of the molecule is Cc1cc(=N)n2c3ccccc3n(C)c2c1C#N. The Morgan fingerprint density at radius 1 is 1.22 bits per heavy atom. The van der Waals surface area contributed by atoms with Gasteiger partial charge in [0.2, 0.25) is 0 Å². The Bertz CT molecular complexity index is 875. The van der Waals surface area contributed by atoms with Crippen LogP contribution in [0.1, 0.15) is 11.1 Å². The van der Waals surface area contributed by atoms with Crippen molar-refractivity contribution < 1.29 is 0 Å². The zero-order valence-corrected chi connectivity index (χ0v) is 10.2. The van der Waals surface area contributed by atoms with Gasteiger partial charge >= 0.3 is 0 Å². The van der Waals surface area contributed by atoms with Crippen LogP contribution in [0.4, 0.5) is 0 Å². The number of imidazole rings is 1. The van der Waals surface area contributed by atoms with E-state index in [1.165, 1.54) is 0 Å². The molecule has 0 fully saturated rings. The monoisotopic (exact) mass is 236 g/mol. The maximum absolute atomic E-state index is 9.32. The number of hydrogen-bond acceptors (Lipinski definition) is 2. The lowest BCUT2D eigenvalue weighted by Crippen LogP contribution is -2.14. The molecule has 4 heteroatoms. The van der Waals surface area contributed by atoms with Crippen molar-refractivity contribution in [2.45, 2.75) is 6.92 Å². The third-order valence-corrected chi connectivity index (χ3v) is 3.34. The third kappa shape index (κ3) is 1.16. The molecule has 3 rings (SSSR count). The zero-order valence-electron chi connectivity index (χ0n) is 10.2. The Morgan fingerprint density at radius 2 is 1.89 bits per heavy atom. The van der Waals surface area contributed by atoms with Gasteiger partial charge in [0.25, 0.3) is 0 Å². The van der Waals surface area contributed by atoms with Crippen molar-refractivity contribution in [2.24, 2.45) is 7.05 Å². The Labute approximate surface area is 104 Å². The molecule has 0 saturated heterocycles. The molecule has 2 aromatic heterocycles. The first kappa shape index (κ1) is 10.6. The van der Waals surface area contributed by atoms with Crippen molar-refractivity contribution in [3.63, 3.8) is 0 Å². The van der Waals surface area contributed by atoms with Gasteiger partial charge in [-0.1, -0.05) is 12.1 Å².